The van der Waals surface area contributed by atoms with Crippen molar-refractivity contribution in [2.24, 2.45) is 5.41 Å². The summed E-state index contributed by atoms with van der Waals surface area (Å²) < 4.78 is 0.669. The van der Waals surface area contributed by atoms with E-state index in [1.165, 1.54) is 39.8 Å². The summed E-state index contributed by atoms with van der Waals surface area (Å²) in [5.74, 6) is -2.15. The predicted molar refractivity (Wildman–Crippen MR) is 126 cm³/mol. The highest BCUT2D eigenvalue weighted by atomic mass is 32.2. The van der Waals surface area contributed by atoms with Crippen LogP contribution in [0.3, 0.4) is 0 Å². The lowest BCUT2D eigenvalue weighted by molar-refractivity contribution is -0.156. The number of carboxylic acids is 2. The van der Waals surface area contributed by atoms with Crippen molar-refractivity contribution in [3.8, 4) is 0 Å². The molecule has 1 aromatic carbocycles. The molecule has 2 saturated heterocycles. The number of thioether (sulfide) groups is 2. The zero-order valence-electron chi connectivity index (χ0n) is 17.8. The van der Waals surface area contributed by atoms with E-state index >= 15 is 0 Å². The Balaban J connectivity index is 1.37. The Kier molecular flexibility index (Phi) is 7.00. The Morgan fingerprint density at radius 1 is 1.26 bits per heavy atom. The Labute approximate surface area is 206 Å². The molecule has 2 fully saturated rings. The minimum atomic E-state index is -1.27. The van der Waals surface area contributed by atoms with Crippen molar-refractivity contribution < 1.29 is 29.4 Å². The summed E-state index contributed by atoms with van der Waals surface area (Å²) in [6, 6.07) is 5.30. The molecule has 4 N–H and O–H groups in total. The normalized spacial score (nSPS) is 24.5. The Morgan fingerprint density at radius 3 is 2.62 bits per heavy atom. The lowest BCUT2D eigenvalue weighted by Gasteiger charge is -2.53. The largest absolute Gasteiger partial charge is 0.481 e. The second kappa shape index (κ2) is 9.80. The van der Waals surface area contributed by atoms with Gasteiger partial charge in [0.05, 0.1) is 0 Å². The standard InChI is InChI=1S/C20H21N5O6S3/c1-10-23-24-19(34-10)33-9-20(17(29)30)7-25-14(26)13(15(25)32-8-20)22-18(31)21-12(16(27)28)11-5-3-2-4-6-11/h2-6,12-13,15H,7-9H2,1H3,(H,27,28)(H,29,30)(H2,21,22,31)/t12?,13?,15-,20?/m1/s1. The van der Waals surface area contributed by atoms with Gasteiger partial charge in [-0.25, -0.2) is 9.59 Å². The molecule has 0 aliphatic carbocycles. The zero-order valence-corrected chi connectivity index (χ0v) is 20.3. The number of fused-ring (bicyclic) bond motifs is 1. The van der Waals surface area contributed by atoms with Crippen LogP contribution in [0.4, 0.5) is 4.79 Å². The zero-order chi connectivity index (χ0) is 24.5. The fraction of sp³-hybridized carbons (Fsp3) is 0.400. The van der Waals surface area contributed by atoms with Crippen LogP contribution in [0.1, 0.15) is 16.6 Å². The molecule has 3 unspecified atom stereocenters. The molecule has 34 heavy (non-hydrogen) atoms. The molecule has 2 aliphatic heterocycles. The summed E-state index contributed by atoms with van der Waals surface area (Å²) >= 11 is 3.96. The topological polar surface area (TPSA) is 162 Å². The number of carbonyl (C=O) groups is 4. The number of benzene rings is 1. The van der Waals surface area contributed by atoms with Gasteiger partial charge in [-0.15, -0.1) is 22.0 Å². The molecular formula is C20H21N5O6S3. The number of amides is 3. The molecule has 2 aromatic rings. The van der Waals surface area contributed by atoms with Gasteiger partial charge in [0, 0.05) is 18.1 Å². The third-order valence-corrected chi connectivity index (χ3v) is 9.37. The van der Waals surface area contributed by atoms with E-state index in [-0.39, 0.29) is 18.1 Å². The summed E-state index contributed by atoms with van der Waals surface area (Å²) in [5, 5.41) is 32.6. The van der Waals surface area contributed by atoms with E-state index in [2.05, 4.69) is 20.8 Å². The highest BCUT2D eigenvalue weighted by Crippen LogP contribution is 2.44. The number of nitrogens with zero attached hydrogens (tertiary/aromatic N) is 3. The van der Waals surface area contributed by atoms with E-state index in [0.717, 1.165) is 5.01 Å². The number of hydrogen-bond donors (Lipinski definition) is 4. The molecule has 180 valence electrons. The number of hydrogen-bond acceptors (Lipinski definition) is 9. The molecule has 3 heterocycles. The van der Waals surface area contributed by atoms with Crippen LogP contribution in [0.15, 0.2) is 34.7 Å². The van der Waals surface area contributed by atoms with Crippen LogP contribution in [0.2, 0.25) is 0 Å². The van der Waals surface area contributed by atoms with Crippen LogP contribution in [-0.2, 0) is 14.4 Å². The average molecular weight is 524 g/mol. The van der Waals surface area contributed by atoms with Crippen LogP contribution >= 0.6 is 34.9 Å². The van der Waals surface area contributed by atoms with E-state index in [1.54, 1.807) is 30.3 Å². The van der Waals surface area contributed by atoms with E-state index in [9.17, 15) is 29.4 Å². The van der Waals surface area contributed by atoms with Crippen molar-refractivity contribution in [2.45, 2.75) is 28.7 Å². The number of aryl methyl sites for hydroxylation is 1. The number of urea groups is 1. The van der Waals surface area contributed by atoms with E-state index in [1.807, 2.05) is 6.92 Å². The molecule has 1 aromatic heterocycles. The molecular weight excluding hydrogens is 502 g/mol. The molecule has 0 spiro atoms. The summed E-state index contributed by atoms with van der Waals surface area (Å²) in [7, 11) is 0. The number of carboxylic acid groups (broad SMARTS) is 2. The number of carbonyl (C=O) groups excluding carboxylic acids is 2. The van der Waals surface area contributed by atoms with Crippen molar-refractivity contribution in [1.82, 2.24) is 25.7 Å². The first kappa shape index (κ1) is 24.3. The number of β-lactam (4-membered cyclic amide) rings is 1. The number of rotatable bonds is 8. The van der Waals surface area contributed by atoms with Crippen LogP contribution in [-0.4, -0.2) is 78.7 Å². The van der Waals surface area contributed by atoms with Crippen LogP contribution < -0.4 is 10.6 Å². The third-order valence-electron chi connectivity index (χ3n) is 5.52. The van der Waals surface area contributed by atoms with Crippen LogP contribution in [0, 0.1) is 12.3 Å². The molecule has 0 saturated carbocycles. The van der Waals surface area contributed by atoms with Gasteiger partial charge >= 0.3 is 18.0 Å². The maximum absolute atomic E-state index is 12.7. The van der Waals surface area contributed by atoms with Crippen molar-refractivity contribution in [1.29, 1.82) is 0 Å². The minimum absolute atomic E-state index is 0.0190. The van der Waals surface area contributed by atoms with Gasteiger partial charge in [-0.2, -0.15) is 0 Å². The van der Waals surface area contributed by atoms with Gasteiger partial charge in [0.15, 0.2) is 10.4 Å². The Hall–Kier alpha value is -2.84. The van der Waals surface area contributed by atoms with Crippen LogP contribution in [0.25, 0.3) is 0 Å². The molecule has 3 amide bonds. The van der Waals surface area contributed by atoms with Gasteiger partial charge in [-0.1, -0.05) is 53.4 Å². The first-order valence-corrected chi connectivity index (χ1v) is 13.0. The molecule has 14 heteroatoms. The average Bonchev–Trinajstić information content (AvgIpc) is 3.24. The van der Waals surface area contributed by atoms with E-state index < -0.39 is 46.7 Å². The van der Waals surface area contributed by atoms with Gasteiger partial charge in [0.1, 0.15) is 21.8 Å². The van der Waals surface area contributed by atoms with Gasteiger partial charge in [0.2, 0.25) is 5.91 Å². The third kappa shape index (κ3) is 4.83. The van der Waals surface area contributed by atoms with Crippen LogP contribution in [0.5, 0.6) is 0 Å². The first-order chi connectivity index (χ1) is 16.2. The smallest absolute Gasteiger partial charge is 0.330 e. The highest BCUT2D eigenvalue weighted by Gasteiger charge is 2.57. The van der Waals surface area contributed by atoms with Gasteiger partial charge in [-0.3, -0.25) is 9.59 Å². The molecule has 11 nitrogen and oxygen atoms in total. The summed E-state index contributed by atoms with van der Waals surface area (Å²) in [5.41, 5.74) is -0.760. The first-order valence-electron chi connectivity index (χ1n) is 10.1. The quantitative estimate of drug-likeness (QED) is 0.294. The number of nitrogens with one attached hydrogen (secondary N) is 2. The molecule has 0 bridgehead atoms. The lowest BCUT2D eigenvalue weighted by atomic mass is 9.89. The summed E-state index contributed by atoms with van der Waals surface area (Å²) in [4.78, 5) is 50.4. The van der Waals surface area contributed by atoms with E-state index in [4.69, 9.17) is 0 Å². The predicted octanol–water partition coefficient (Wildman–Crippen LogP) is 1.42. The molecule has 4 atom stereocenters. The van der Waals surface area contributed by atoms with Crippen molar-refractivity contribution in [2.75, 3.05) is 18.1 Å². The van der Waals surface area contributed by atoms with E-state index in [0.29, 0.717) is 9.90 Å². The van der Waals surface area contributed by atoms with Crippen molar-refractivity contribution in [3.63, 3.8) is 0 Å². The Bertz CT molecular complexity index is 1120. The van der Waals surface area contributed by atoms with Gasteiger partial charge < -0.3 is 25.7 Å². The maximum atomic E-state index is 12.7. The number of aliphatic carboxylic acids is 2. The lowest BCUT2D eigenvalue weighted by Crippen LogP contribution is -2.74. The summed E-state index contributed by atoms with van der Waals surface area (Å²) in [6.45, 7) is 1.83. The second-order valence-corrected chi connectivity index (χ2v) is 11.4. The van der Waals surface area contributed by atoms with Gasteiger partial charge in [0.25, 0.3) is 0 Å². The minimum Gasteiger partial charge on any atom is -0.481 e. The van der Waals surface area contributed by atoms with Gasteiger partial charge in [-0.05, 0) is 12.5 Å². The molecule has 4 rings (SSSR count). The Morgan fingerprint density at radius 2 is 2.00 bits per heavy atom. The second-order valence-electron chi connectivity index (χ2n) is 7.91. The SMILES string of the molecule is Cc1nnc(SCC2(C(=O)O)CS[C@@H]3C(NC(=O)NC(C(=O)O)c4ccccc4)C(=O)N3C2)s1. The maximum Gasteiger partial charge on any atom is 0.330 e. The van der Waals surface area contributed by atoms with Crippen molar-refractivity contribution in [3.05, 3.63) is 40.9 Å². The number of aromatic nitrogens is 2. The fourth-order valence-corrected chi connectivity index (χ4v) is 7.37. The highest BCUT2D eigenvalue weighted by molar-refractivity contribution is 8.01. The fourth-order valence-electron chi connectivity index (χ4n) is 3.69. The molecule has 0 radical (unpaired) electrons. The summed E-state index contributed by atoms with van der Waals surface area (Å²) in [6.07, 6.45) is 0. The molecule has 2 aliphatic rings. The van der Waals surface area contributed by atoms with Crippen molar-refractivity contribution >= 4 is 58.7 Å². The monoisotopic (exact) mass is 523 g/mol.